The van der Waals surface area contributed by atoms with Crippen molar-refractivity contribution < 1.29 is 14.3 Å². The highest BCUT2D eigenvalue weighted by Gasteiger charge is 2.40. The van der Waals surface area contributed by atoms with E-state index in [1.165, 1.54) is 4.90 Å². The molecule has 0 aromatic heterocycles. The van der Waals surface area contributed by atoms with Crippen molar-refractivity contribution in [3.8, 4) is 5.75 Å². The van der Waals surface area contributed by atoms with Crippen LogP contribution < -0.4 is 15.0 Å². The van der Waals surface area contributed by atoms with E-state index in [4.69, 9.17) is 4.74 Å². The van der Waals surface area contributed by atoms with Crippen LogP contribution in [0.1, 0.15) is 27.8 Å². The summed E-state index contributed by atoms with van der Waals surface area (Å²) in [5, 5.41) is 3.22. The van der Waals surface area contributed by atoms with Crippen molar-refractivity contribution >= 4 is 28.8 Å². The van der Waals surface area contributed by atoms with Crippen LogP contribution in [-0.4, -0.2) is 18.9 Å². The largest absolute Gasteiger partial charge is 0.495 e. The number of benzene rings is 3. The Labute approximate surface area is 188 Å². The lowest BCUT2D eigenvalue weighted by Crippen LogP contribution is -2.32. The average molecular weight is 427 g/mol. The van der Waals surface area contributed by atoms with E-state index in [-0.39, 0.29) is 11.6 Å². The highest BCUT2D eigenvalue weighted by Crippen LogP contribution is 2.36. The number of nitrogens with zero attached hydrogens (tertiary/aromatic N) is 1. The maximum atomic E-state index is 13.6. The van der Waals surface area contributed by atoms with Crippen molar-refractivity contribution in [1.82, 2.24) is 0 Å². The number of rotatable bonds is 5. The van der Waals surface area contributed by atoms with E-state index < -0.39 is 5.91 Å². The Hall–Kier alpha value is -3.86. The third-order valence-electron chi connectivity index (χ3n) is 5.79. The minimum atomic E-state index is -0.393. The van der Waals surface area contributed by atoms with E-state index >= 15 is 0 Å². The second kappa shape index (κ2) is 8.35. The van der Waals surface area contributed by atoms with Crippen LogP contribution in [0.15, 0.2) is 66.4 Å². The third-order valence-corrected chi connectivity index (χ3v) is 5.79. The van der Waals surface area contributed by atoms with Crippen LogP contribution in [0.2, 0.25) is 0 Å². The van der Waals surface area contributed by atoms with E-state index in [0.717, 1.165) is 22.3 Å². The fraction of sp³-hybridized carbons (Fsp3) is 0.185. The molecule has 0 atom stereocenters. The van der Waals surface area contributed by atoms with Gasteiger partial charge in [-0.15, -0.1) is 0 Å². The van der Waals surface area contributed by atoms with Gasteiger partial charge in [0.2, 0.25) is 0 Å². The van der Waals surface area contributed by atoms with Gasteiger partial charge in [0.05, 0.1) is 24.1 Å². The maximum Gasteiger partial charge on any atom is 0.282 e. The topological polar surface area (TPSA) is 58.6 Å². The molecule has 1 heterocycles. The Morgan fingerprint density at radius 3 is 2.09 bits per heavy atom. The van der Waals surface area contributed by atoms with Gasteiger partial charge in [-0.25, -0.2) is 4.90 Å². The summed E-state index contributed by atoms with van der Waals surface area (Å²) in [5.74, 6) is -0.150. The van der Waals surface area contributed by atoms with E-state index in [9.17, 15) is 9.59 Å². The number of nitrogens with one attached hydrogen (secondary N) is 1. The molecule has 0 aliphatic carbocycles. The molecule has 32 heavy (non-hydrogen) atoms. The van der Waals surface area contributed by atoms with E-state index in [1.54, 1.807) is 19.2 Å². The Bertz CT molecular complexity index is 1260. The van der Waals surface area contributed by atoms with Crippen LogP contribution in [0.3, 0.4) is 0 Å². The molecule has 162 valence electrons. The molecule has 1 aliphatic rings. The van der Waals surface area contributed by atoms with Crippen LogP contribution >= 0.6 is 0 Å². The van der Waals surface area contributed by atoms with Gasteiger partial charge in [0.15, 0.2) is 0 Å². The summed E-state index contributed by atoms with van der Waals surface area (Å²) in [4.78, 5) is 28.4. The standard InChI is InChI=1S/C27H26N2O3/c1-16-6-11-21(12-7-16)29-26(30)24(20-10-9-18(3)19(4)15-20)25(27(29)31)28-22-14-17(2)8-13-23(22)32-5/h6-15,28H,1-5H3. The fourth-order valence-electron chi connectivity index (χ4n) is 3.79. The quantitative estimate of drug-likeness (QED) is 0.561. The van der Waals surface area contributed by atoms with Gasteiger partial charge < -0.3 is 10.1 Å². The minimum absolute atomic E-state index is 0.239. The molecule has 0 unspecified atom stereocenters. The molecule has 0 saturated heterocycles. The Balaban J connectivity index is 1.87. The molecular formula is C27H26N2O3. The molecule has 0 saturated carbocycles. The smallest absolute Gasteiger partial charge is 0.282 e. The Morgan fingerprint density at radius 1 is 0.750 bits per heavy atom. The van der Waals surface area contributed by atoms with Crippen LogP contribution in [0.25, 0.3) is 5.57 Å². The zero-order chi connectivity index (χ0) is 23.0. The number of imide groups is 1. The first-order chi connectivity index (χ1) is 15.3. The van der Waals surface area contributed by atoms with Crippen molar-refractivity contribution in [2.45, 2.75) is 27.7 Å². The van der Waals surface area contributed by atoms with E-state index in [0.29, 0.717) is 28.3 Å². The van der Waals surface area contributed by atoms with Gasteiger partial charge in [-0.1, -0.05) is 42.0 Å². The molecule has 0 spiro atoms. The van der Waals surface area contributed by atoms with Crippen molar-refractivity contribution in [3.63, 3.8) is 0 Å². The fourth-order valence-corrected chi connectivity index (χ4v) is 3.79. The lowest BCUT2D eigenvalue weighted by molar-refractivity contribution is -0.120. The summed E-state index contributed by atoms with van der Waals surface area (Å²) in [5.41, 5.74) is 6.70. The maximum absolute atomic E-state index is 13.6. The molecule has 3 aromatic rings. The van der Waals surface area contributed by atoms with Gasteiger partial charge in [-0.05, 0) is 74.2 Å². The zero-order valence-electron chi connectivity index (χ0n) is 18.9. The predicted molar refractivity (Wildman–Crippen MR) is 128 cm³/mol. The van der Waals surface area contributed by atoms with Crippen LogP contribution in [0, 0.1) is 27.7 Å². The van der Waals surface area contributed by atoms with Crippen molar-refractivity contribution in [1.29, 1.82) is 0 Å². The SMILES string of the molecule is COc1ccc(C)cc1NC1=C(c2ccc(C)c(C)c2)C(=O)N(c2ccc(C)cc2)C1=O. The molecule has 4 rings (SSSR count). The lowest BCUT2D eigenvalue weighted by atomic mass is 9.99. The molecule has 1 aliphatic heterocycles. The number of anilines is 2. The normalized spacial score (nSPS) is 13.7. The van der Waals surface area contributed by atoms with E-state index in [1.807, 2.05) is 76.2 Å². The Kier molecular flexibility index (Phi) is 5.57. The van der Waals surface area contributed by atoms with E-state index in [2.05, 4.69) is 5.32 Å². The van der Waals surface area contributed by atoms with Gasteiger partial charge in [0.25, 0.3) is 11.8 Å². The number of hydrogen-bond acceptors (Lipinski definition) is 4. The number of ether oxygens (including phenoxy) is 1. The third kappa shape index (κ3) is 3.78. The van der Waals surface area contributed by atoms with Crippen molar-refractivity contribution in [2.75, 3.05) is 17.3 Å². The first-order valence-corrected chi connectivity index (χ1v) is 10.5. The summed E-state index contributed by atoms with van der Waals surface area (Å²) >= 11 is 0. The highest BCUT2D eigenvalue weighted by atomic mass is 16.5. The first-order valence-electron chi connectivity index (χ1n) is 10.5. The number of carbonyl (C=O) groups is 2. The molecule has 1 N–H and O–H groups in total. The molecule has 3 aromatic carbocycles. The molecule has 5 heteroatoms. The molecular weight excluding hydrogens is 400 g/mol. The van der Waals surface area contributed by atoms with Crippen molar-refractivity contribution in [2.24, 2.45) is 0 Å². The zero-order valence-corrected chi connectivity index (χ0v) is 18.9. The summed E-state index contributed by atoms with van der Waals surface area (Å²) in [6.45, 7) is 7.94. The van der Waals surface area contributed by atoms with Gasteiger partial charge in [0, 0.05) is 0 Å². The monoisotopic (exact) mass is 426 g/mol. The molecule has 0 radical (unpaired) electrons. The number of carbonyl (C=O) groups excluding carboxylic acids is 2. The predicted octanol–water partition coefficient (Wildman–Crippen LogP) is 5.33. The molecule has 0 fully saturated rings. The van der Waals surface area contributed by atoms with Gasteiger partial charge in [0.1, 0.15) is 11.4 Å². The molecule has 0 bridgehead atoms. The molecule has 5 nitrogen and oxygen atoms in total. The van der Waals surface area contributed by atoms with Crippen LogP contribution in [-0.2, 0) is 9.59 Å². The number of aryl methyl sites for hydroxylation is 4. The van der Waals surface area contributed by atoms with Crippen LogP contribution in [0.5, 0.6) is 5.75 Å². The van der Waals surface area contributed by atoms with Gasteiger partial charge in [-0.2, -0.15) is 0 Å². The number of methoxy groups -OCH3 is 1. The average Bonchev–Trinajstić information content (AvgIpc) is 3.01. The summed E-state index contributed by atoms with van der Waals surface area (Å²) in [7, 11) is 1.58. The summed E-state index contributed by atoms with van der Waals surface area (Å²) in [6.07, 6.45) is 0. The van der Waals surface area contributed by atoms with Crippen molar-refractivity contribution in [3.05, 3.63) is 94.2 Å². The summed E-state index contributed by atoms with van der Waals surface area (Å²) in [6, 6.07) is 18.8. The van der Waals surface area contributed by atoms with Gasteiger partial charge >= 0.3 is 0 Å². The highest BCUT2D eigenvalue weighted by molar-refractivity contribution is 6.46. The lowest BCUT2D eigenvalue weighted by Gasteiger charge is -2.16. The summed E-state index contributed by atoms with van der Waals surface area (Å²) < 4.78 is 5.48. The second-order valence-corrected chi connectivity index (χ2v) is 8.16. The Morgan fingerprint density at radius 2 is 1.44 bits per heavy atom. The number of hydrogen-bond donors (Lipinski definition) is 1. The van der Waals surface area contributed by atoms with Crippen LogP contribution in [0.4, 0.5) is 11.4 Å². The first kappa shape index (κ1) is 21.4. The second-order valence-electron chi connectivity index (χ2n) is 8.16. The van der Waals surface area contributed by atoms with Gasteiger partial charge in [-0.3, -0.25) is 9.59 Å². The molecule has 2 amide bonds. The minimum Gasteiger partial charge on any atom is -0.495 e. The number of amides is 2.